The zero-order valence-electron chi connectivity index (χ0n) is 11.5. The summed E-state index contributed by atoms with van der Waals surface area (Å²) in [6.07, 6.45) is 3.72. The second-order valence-electron chi connectivity index (χ2n) is 3.44. The Labute approximate surface area is 111 Å². The first-order chi connectivity index (χ1) is 8.86. The maximum absolute atomic E-state index is 5.35. The predicted molar refractivity (Wildman–Crippen MR) is 82.3 cm³/mol. The van der Waals surface area contributed by atoms with E-state index in [9.17, 15) is 0 Å². The van der Waals surface area contributed by atoms with Crippen LogP contribution >= 0.6 is 0 Å². The summed E-state index contributed by atoms with van der Waals surface area (Å²) in [5.41, 5.74) is 7.59. The van der Waals surface area contributed by atoms with Gasteiger partial charge in [-0.2, -0.15) is 0 Å². The van der Waals surface area contributed by atoms with Crippen molar-refractivity contribution in [3.8, 4) is 0 Å². The molecule has 0 heterocycles. The van der Waals surface area contributed by atoms with Gasteiger partial charge in [0.15, 0.2) is 0 Å². The van der Waals surface area contributed by atoms with Crippen molar-refractivity contribution in [2.45, 2.75) is 13.8 Å². The molecule has 0 aliphatic carbocycles. The maximum atomic E-state index is 5.35. The van der Waals surface area contributed by atoms with Gasteiger partial charge in [-0.1, -0.05) is 50.8 Å². The minimum atomic E-state index is 0.673. The van der Waals surface area contributed by atoms with Crippen molar-refractivity contribution in [2.75, 3.05) is 26.2 Å². The summed E-state index contributed by atoms with van der Waals surface area (Å²) in [4.78, 5) is 4.31. The van der Waals surface area contributed by atoms with E-state index in [0.29, 0.717) is 6.54 Å². The predicted octanol–water partition coefficient (Wildman–Crippen LogP) is 2.32. The van der Waals surface area contributed by atoms with Gasteiger partial charge in [0.05, 0.1) is 6.54 Å². The van der Waals surface area contributed by atoms with E-state index >= 15 is 0 Å². The zero-order chi connectivity index (χ0) is 13.6. The van der Waals surface area contributed by atoms with Gasteiger partial charge in [-0.3, -0.25) is 4.99 Å². The van der Waals surface area contributed by atoms with Gasteiger partial charge in [-0.25, -0.2) is 0 Å². The smallest absolute Gasteiger partial charge is 0.0514 e. The molecule has 3 N–H and O–H groups in total. The van der Waals surface area contributed by atoms with Crippen LogP contribution in [-0.2, 0) is 0 Å². The first-order valence-electron chi connectivity index (χ1n) is 6.50. The lowest BCUT2D eigenvalue weighted by atomic mass is 10.1. The molecule has 100 valence electrons. The second kappa shape index (κ2) is 12.0. The van der Waals surface area contributed by atoms with Crippen LogP contribution in [0.25, 0.3) is 6.08 Å². The average Bonchev–Trinajstić information content (AvgIpc) is 2.45. The van der Waals surface area contributed by atoms with E-state index in [1.807, 2.05) is 50.4 Å². The van der Waals surface area contributed by atoms with E-state index in [1.165, 1.54) is 0 Å². The number of hydrogen-bond donors (Lipinski definition) is 2. The molecule has 0 saturated heterocycles. The number of rotatable bonds is 7. The minimum Gasteiger partial charge on any atom is -0.329 e. The minimum absolute atomic E-state index is 0.673. The normalized spacial score (nSPS) is 9.94. The number of nitrogens with two attached hydrogens (primary N) is 1. The van der Waals surface area contributed by atoms with Crippen LogP contribution in [0.3, 0.4) is 0 Å². The van der Waals surface area contributed by atoms with Crippen LogP contribution in [-0.4, -0.2) is 32.4 Å². The van der Waals surface area contributed by atoms with Crippen molar-refractivity contribution < 1.29 is 0 Å². The van der Waals surface area contributed by atoms with Gasteiger partial charge >= 0.3 is 0 Å². The summed E-state index contributed by atoms with van der Waals surface area (Å²) in [5.74, 6) is 0. The van der Waals surface area contributed by atoms with Gasteiger partial charge in [0.1, 0.15) is 0 Å². The van der Waals surface area contributed by atoms with E-state index in [4.69, 9.17) is 5.73 Å². The molecule has 0 aliphatic rings. The molecule has 3 heteroatoms. The molecule has 0 radical (unpaired) electrons. The van der Waals surface area contributed by atoms with E-state index in [-0.39, 0.29) is 0 Å². The lowest BCUT2D eigenvalue weighted by Gasteiger charge is -1.98. The highest BCUT2D eigenvalue weighted by Gasteiger charge is 1.88. The van der Waals surface area contributed by atoms with Gasteiger partial charge in [0.2, 0.25) is 0 Å². The Kier molecular flexibility index (Phi) is 11.1. The molecule has 1 aromatic carbocycles. The molecule has 0 saturated carbocycles. The van der Waals surface area contributed by atoms with Crippen molar-refractivity contribution in [1.29, 1.82) is 0 Å². The van der Waals surface area contributed by atoms with Crippen molar-refractivity contribution in [1.82, 2.24) is 5.32 Å². The quantitative estimate of drug-likeness (QED) is 0.574. The first kappa shape index (κ1) is 16.6. The fraction of sp³-hybridized carbons (Fsp3) is 0.400. The van der Waals surface area contributed by atoms with E-state index in [1.54, 1.807) is 0 Å². The third kappa shape index (κ3) is 7.76. The summed E-state index contributed by atoms with van der Waals surface area (Å²) in [7, 11) is 0. The summed E-state index contributed by atoms with van der Waals surface area (Å²) >= 11 is 0. The Morgan fingerprint density at radius 3 is 2.33 bits per heavy atom. The Hall–Kier alpha value is -1.45. The van der Waals surface area contributed by atoms with Crippen LogP contribution in [0.5, 0.6) is 0 Å². The third-order valence-corrected chi connectivity index (χ3v) is 2.15. The second-order valence-corrected chi connectivity index (χ2v) is 3.44. The van der Waals surface area contributed by atoms with Gasteiger partial charge < -0.3 is 11.1 Å². The Bertz CT molecular complexity index is 328. The van der Waals surface area contributed by atoms with Gasteiger partial charge in [0.25, 0.3) is 0 Å². The van der Waals surface area contributed by atoms with Crippen molar-refractivity contribution in [3.63, 3.8) is 0 Å². The molecule has 0 amide bonds. The molecule has 1 aromatic rings. The van der Waals surface area contributed by atoms with Gasteiger partial charge in [-0.05, 0) is 11.1 Å². The Morgan fingerprint density at radius 1 is 1.17 bits per heavy atom. The van der Waals surface area contributed by atoms with Crippen LogP contribution < -0.4 is 11.1 Å². The Balaban J connectivity index is 0.00000137. The fourth-order valence-electron chi connectivity index (χ4n) is 1.26. The van der Waals surface area contributed by atoms with Crippen LogP contribution in [0.15, 0.2) is 35.8 Å². The van der Waals surface area contributed by atoms with Crippen molar-refractivity contribution in [2.24, 2.45) is 10.7 Å². The summed E-state index contributed by atoms with van der Waals surface area (Å²) in [6.45, 7) is 10.9. The van der Waals surface area contributed by atoms with E-state index < -0.39 is 0 Å². The number of nitrogens with one attached hydrogen (secondary N) is 1. The van der Waals surface area contributed by atoms with E-state index in [2.05, 4.69) is 16.9 Å². The molecule has 0 unspecified atom stereocenters. The number of hydrogen-bond acceptors (Lipinski definition) is 3. The van der Waals surface area contributed by atoms with Crippen LogP contribution in [0, 0.1) is 0 Å². The molecule has 0 fully saturated rings. The zero-order valence-corrected chi connectivity index (χ0v) is 11.5. The third-order valence-electron chi connectivity index (χ3n) is 2.15. The lowest BCUT2D eigenvalue weighted by Crippen LogP contribution is -2.24. The number of aliphatic imine (C=N–C) groups is 1. The Morgan fingerprint density at radius 2 is 1.78 bits per heavy atom. The summed E-state index contributed by atoms with van der Waals surface area (Å²) in [5, 5.41) is 3.19. The standard InChI is InChI=1S/C13H19N3.C2H6/c1-2-12-3-5-13(6-4-12)11-16-10-9-15-8-7-14;1-2/h2-6,11,15H,1,7-10,14H2;1-2H3. The van der Waals surface area contributed by atoms with Crippen LogP contribution in [0.4, 0.5) is 0 Å². The van der Waals surface area contributed by atoms with Crippen LogP contribution in [0.1, 0.15) is 25.0 Å². The number of nitrogens with zero attached hydrogens (tertiary/aromatic N) is 1. The van der Waals surface area contributed by atoms with E-state index in [0.717, 1.165) is 30.8 Å². The topological polar surface area (TPSA) is 50.4 Å². The lowest BCUT2D eigenvalue weighted by molar-refractivity contribution is 0.697. The van der Waals surface area contributed by atoms with Gasteiger partial charge in [0, 0.05) is 25.8 Å². The molecular weight excluding hydrogens is 222 g/mol. The monoisotopic (exact) mass is 247 g/mol. The highest BCUT2D eigenvalue weighted by atomic mass is 14.9. The summed E-state index contributed by atoms with van der Waals surface area (Å²) < 4.78 is 0. The molecule has 0 aromatic heterocycles. The van der Waals surface area contributed by atoms with Crippen molar-refractivity contribution in [3.05, 3.63) is 42.0 Å². The molecule has 18 heavy (non-hydrogen) atoms. The molecule has 0 atom stereocenters. The molecule has 0 aliphatic heterocycles. The summed E-state index contributed by atoms with van der Waals surface area (Å²) in [6, 6.07) is 8.13. The molecular formula is C15H25N3. The highest BCUT2D eigenvalue weighted by Crippen LogP contribution is 2.03. The first-order valence-corrected chi connectivity index (χ1v) is 6.50. The highest BCUT2D eigenvalue weighted by molar-refractivity contribution is 5.79. The SMILES string of the molecule is C=Cc1ccc(C=NCCNCCN)cc1.CC. The maximum Gasteiger partial charge on any atom is 0.0514 e. The molecule has 0 bridgehead atoms. The molecule has 3 nitrogen and oxygen atoms in total. The van der Waals surface area contributed by atoms with Crippen molar-refractivity contribution >= 4 is 12.3 Å². The van der Waals surface area contributed by atoms with Crippen LogP contribution in [0.2, 0.25) is 0 Å². The number of benzene rings is 1. The molecule has 0 spiro atoms. The largest absolute Gasteiger partial charge is 0.329 e. The average molecular weight is 247 g/mol. The fourth-order valence-corrected chi connectivity index (χ4v) is 1.26. The molecule has 1 rings (SSSR count). The van der Waals surface area contributed by atoms with Gasteiger partial charge in [-0.15, -0.1) is 0 Å².